The highest BCUT2D eigenvalue weighted by atomic mass is 19.1. The van der Waals surface area contributed by atoms with Crippen LogP contribution in [-0.2, 0) is 4.79 Å². The molecule has 4 nitrogen and oxygen atoms in total. The van der Waals surface area contributed by atoms with E-state index in [1.54, 1.807) is 32.2 Å². The Bertz CT molecular complexity index is 521. The topological polar surface area (TPSA) is 64.3 Å². The van der Waals surface area contributed by atoms with Gasteiger partial charge in [0.25, 0.3) is 0 Å². The molecule has 1 saturated carbocycles. The summed E-state index contributed by atoms with van der Waals surface area (Å²) in [7, 11) is 1.77. The van der Waals surface area contributed by atoms with Gasteiger partial charge in [0.15, 0.2) is 11.6 Å². The molecule has 0 bridgehead atoms. The Morgan fingerprint density at radius 3 is 3.00 bits per heavy atom. The van der Waals surface area contributed by atoms with Crippen molar-refractivity contribution >= 4 is 5.91 Å². The molecule has 1 aromatic carbocycles. The summed E-state index contributed by atoms with van der Waals surface area (Å²) < 4.78 is 19.4. The minimum atomic E-state index is -0.644. The lowest BCUT2D eigenvalue weighted by molar-refractivity contribution is -0.125. The van der Waals surface area contributed by atoms with Gasteiger partial charge in [-0.3, -0.25) is 4.79 Å². The summed E-state index contributed by atoms with van der Waals surface area (Å²) in [6.45, 7) is 2.08. The van der Waals surface area contributed by atoms with Crippen LogP contribution in [0.5, 0.6) is 5.75 Å². The maximum absolute atomic E-state index is 13.8. The van der Waals surface area contributed by atoms with Crippen molar-refractivity contribution in [2.75, 3.05) is 13.7 Å². The highest BCUT2D eigenvalue weighted by molar-refractivity contribution is 5.85. The molecule has 3 N–H and O–H groups in total. The van der Waals surface area contributed by atoms with Gasteiger partial charge in [-0.15, -0.1) is 0 Å². The van der Waals surface area contributed by atoms with Gasteiger partial charge in [0.2, 0.25) is 5.91 Å². The van der Waals surface area contributed by atoms with Gasteiger partial charge in [0.05, 0.1) is 6.61 Å². The number of likely N-dealkylation sites (N-methyl/N-ethyl adjacent to an activating group) is 1. The molecule has 0 aliphatic heterocycles. The minimum absolute atomic E-state index is 0.132. The lowest BCUT2D eigenvalue weighted by atomic mass is 9.84. The van der Waals surface area contributed by atoms with E-state index in [0.717, 1.165) is 19.3 Å². The number of benzene rings is 1. The summed E-state index contributed by atoms with van der Waals surface area (Å²) in [6, 6.07) is 5.10. The summed E-state index contributed by atoms with van der Waals surface area (Å²) >= 11 is 0. The Kier molecular flexibility index (Phi) is 4.83. The van der Waals surface area contributed by atoms with Gasteiger partial charge in [-0.1, -0.05) is 18.6 Å². The summed E-state index contributed by atoms with van der Waals surface area (Å²) in [5.74, 6) is -0.233. The van der Waals surface area contributed by atoms with Crippen LogP contribution >= 0.6 is 0 Å². The summed E-state index contributed by atoms with van der Waals surface area (Å²) in [6.07, 6.45) is 3.33. The molecule has 21 heavy (non-hydrogen) atoms. The SMILES string of the molecule is CNC1(C(N)=O)CCCC1CCOc1cccc(C)c1F. The number of hydrogen-bond acceptors (Lipinski definition) is 3. The maximum Gasteiger partial charge on any atom is 0.238 e. The zero-order valence-electron chi connectivity index (χ0n) is 12.6. The maximum atomic E-state index is 13.8. The van der Waals surface area contributed by atoms with E-state index in [1.165, 1.54) is 0 Å². The number of carbonyl (C=O) groups excluding carboxylic acids is 1. The van der Waals surface area contributed by atoms with Crippen molar-refractivity contribution in [3.8, 4) is 5.75 Å². The lowest BCUT2D eigenvalue weighted by Crippen LogP contribution is -2.56. The zero-order chi connectivity index (χ0) is 15.5. The number of nitrogens with one attached hydrogen (secondary N) is 1. The van der Waals surface area contributed by atoms with Crippen molar-refractivity contribution in [1.29, 1.82) is 0 Å². The molecule has 0 heterocycles. The van der Waals surface area contributed by atoms with E-state index in [9.17, 15) is 9.18 Å². The Labute approximate surface area is 124 Å². The van der Waals surface area contributed by atoms with Crippen molar-refractivity contribution in [3.05, 3.63) is 29.6 Å². The number of halogens is 1. The van der Waals surface area contributed by atoms with E-state index < -0.39 is 5.54 Å². The predicted octanol–water partition coefficient (Wildman–Crippen LogP) is 2.15. The van der Waals surface area contributed by atoms with Crippen molar-refractivity contribution < 1.29 is 13.9 Å². The number of rotatable bonds is 6. The average molecular weight is 294 g/mol. The molecule has 2 atom stereocenters. The molecule has 116 valence electrons. The molecular weight excluding hydrogens is 271 g/mol. The summed E-state index contributed by atoms with van der Waals surface area (Å²) in [5.41, 5.74) is 5.48. The van der Waals surface area contributed by atoms with Crippen LogP contribution in [0, 0.1) is 18.7 Å². The molecule has 1 aliphatic carbocycles. The number of aryl methyl sites for hydroxylation is 1. The molecule has 1 aliphatic rings. The van der Waals surface area contributed by atoms with Gasteiger partial charge in [-0.2, -0.15) is 0 Å². The van der Waals surface area contributed by atoms with Gasteiger partial charge < -0.3 is 15.8 Å². The first-order valence-electron chi connectivity index (χ1n) is 7.38. The van der Waals surface area contributed by atoms with E-state index in [2.05, 4.69) is 5.32 Å². The van der Waals surface area contributed by atoms with Gasteiger partial charge in [-0.05, 0) is 50.8 Å². The first-order valence-corrected chi connectivity index (χ1v) is 7.38. The Balaban J connectivity index is 1.97. The van der Waals surface area contributed by atoms with Crippen LogP contribution in [0.2, 0.25) is 0 Å². The Hall–Kier alpha value is -1.62. The molecule has 0 radical (unpaired) electrons. The Morgan fingerprint density at radius 1 is 1.57 bits per heavy atom. The summed E-state index contributed by atoms with van der Waals surface area (Å²) in [4.78, 5) is 11.8. The van der Waals surface area contributed by atoms with Crippen LogP contribution in [-0.4, -0.2) is 25.1 Å². The average Bonchev–Trinajstić information content (AvgIpc) is 2.88. The number of ether oxygens (including phenoxy) is 1. The normalized spacial score (nSPS) is 25.0. The molecule has 0 spiro atoms. The van der Waals surface area contributed by atoms with Gasteiger partial charge in [0.1, 0.15) is 5.54 Å². The molecule has 1 amide bonds. The lowest BCUT2D eigenvalue weighted by Gasteiger charge is -2.32. The number of hydrogen-bond donors (Lipinski definition) is 2. The van der Waals surface area contributed by atoms with Gasteiger partial charge >= 0.3 is 0 Å². The monoisotopic (exact) mass is 294 g/mol. The zero-order valence-corrected chi connectivity index (χ0v) is 12.6. The fourth-order valence-corrected chi connectivity index (χ4v) is 3.29. The van der Waals surface area contributed by atoms with Crippen LogP contribution in [0.15, 0.2) is 18.2 Å². The second-order valence-electron chi connectivity index (χ2n) is 5.70. The second kappa shape index (κ2) is 6.43. The van der Waals surface area contributed by atoms with E-state index in [0.29, 0.717) is 18.6 Å². The van der Waals surface area contributed by atoms with Crippen LogP contribution in [0.25, 0.3) is 0 Å². The summed E-state index contributed by atoms with van der Waals surface area (Å²) in [5, 5.41) is 3.09. The number of primary amides is 1. The molecular formula is C16H23FN2O2. The molecule has 0 saturated heterocycles. The quantitative estimate of drug-likeness (QED) is 0.845. The number of amides is 1. The van der Waals surface area contributed by atoms with E-state index >= 15 is 0 Å². The molecule has 5 heteroatoms. The van der Waals surface area contributed by atoms with Crippen molar-refractivity contribution in [1.82, 2.24) is 5.32 Å². The largest absolute Gasteiger partial charge is 0.490 e. The van der Waals surface area contributed by atoms with E-state index in [-0.39, 0.29) is 23.4 Å². The Morgan fingerprint density at radius 2 is 2.33 bits per heavy atom. The first kappa shape index (κ1) is 15.8. The third-order valence-corrected chi connectivity index (χ3v) is 4.59. The highest BCUT2D eigenvalue weighted by Gasteiger charge is 2.46. The van der Waals surface area contributed by atoms with E-state index in [1.807, 2.05) is 0 Å². The third kappa shape index (κ3) is 3.02. The number of carbonyl (C=O) groups is 1. The van der Waals surface area contributed by atoms with Gasteiger partial charge in [0, 0.05) is 0 Å². The third-order valence-electron chi connectivity index (χ3n) is 4.59. The molecule has 2 unspecified atom stereocenters. The second-order valence-corrected chi connectivity index (χ2v) is 5.70. The first-order chi connectivity index (χ1) is 10.0. The van der Waals surface area contributed by atoms with Gasteiger partial charge in [-0.25, -0.2) is 4.39 Å². The smallest absolute Gasteiger partial charge is 0.238 e. The van der Waals surface area contributed by atoms with Crippen molar-refractivity contribution in [2.45, 2.75) is 38.1 Å². The standard InChI is InChI=1S/C16H23FN2O2/c1-11-5-3-7-13(14(11)17)21-10-8-12-6-4-9-16(12,19-2)15(18)20/h3,5,7,12,19H,4,6,8-10H2,1-2H3,(H2,18,20). The van der Waals surface area contributed by atoms with Crippen LogP contribution < -0.4 is 15.8 Å². The van der Waals surface area contributed by atoms with Crippen LogP contribution in [0.4, 0.5) is 4.39 Å². The fourth-order valence-electron chi connectivity index (χ4n) is 3.29. The van der Waals surface area contributed by atoms with E-state index in [4.69, 9.17) is 10.5 Å². The highest BCUT2D eigenvalue weighted by Crippen LogP contribution is 2.37. The minimum Gasteiger partial charge on any atom is -0.490 e. The predicted molar refractivity (Wildman–Crippen MR) is 79.6 cm³/mol. The molecule has 1 aromatic rings. The molecule has 2 rings (SSSR count). The number of nitrogens with two attached hydrogens (primary N) is 1. The van der Waals surface area contributed by atoms with Crippen molar-refractivity contribution in [2.24, 2.45) is 11.7 Å². The van der Waals surface area contributed by atoms with Crippen LogP contribution in [0.3, 0.4) is 0 Å². The molecule has 1 fully saturated rings. The van der Waals surface area contributed by atoms with Crippen molar-refractivity contribution in [3.63, 3.8) is 0 Å². The van der Waals surface area contributed by atoms with Crippen LogP contribution in [0.1, 0.15) is 31.2 Å². The molecule has 0 aromatic heterocycles. The fraction of sp³-hybridized carbons (Fsp3) is 0.562.